The van der Waals surface area contributed by atoms with Crippen molar-refractivity contribution in [3.8, 4) is 0 Å². The quantitative estimate of drug-likeness (QED) is 0.696. The fraction of sp³-hybridized carbons (Fsp3) is 0.389. The van der Waals surface area contributed by atoms with E-state index in [1.165, 1.54) is 9.13 Å². The maximum atomic E-state index is 12.9. The number of rotatable bonds is 2. The van der Waals surface area contributed by atoms with E-state index in [9.17, 15) is 9.59 Å². The largest absolute Gasteiger partial charge is 0.364 e. The molecular weight excluding hydrogens is 354 g/mol. The Kier molecular flexibility index (Phi) is 3.91. The van der Waals surface area contributed by atoms with Crippen molar-refractivity contribution in [2.75, 3.05) is 11.4 Å². The number of benzene rings is 1. The number of H-pyrrole nitrogens is 1. The summed E-state index contributed by atoms with van der Waals surface area (Å²) in [5.41, 5.74) is 2.51. The number of anilines is 2. The molecule has 0 unspecified atom stereocenters. The number of aryl methyl sites for hydroxylation is 2. The van der Waals surface area contributed by atoms with Crippen LogP contribution in [0.25, 0.3) is 11.2 Å². The lowest BCUT2D eigenvalue weighted by Gasteiger charge is -2.23. The third-order valence-corrected chi connectivity index (χ3v) is 5.56. The average molecular weight is 375 g/mol. The topological polar surface area (TPSA) is 66.9 Å². The van der Waals surface area contributed by atoms with Crippen LogP contribution in [0.15, 0.2) is 27.8 Å². The van der Waals surface area contributed by atoms with Gasteiger partial charge in [0, 0.05) is 30.6 Å². The molecule has 0 atom stereocenters. The Morgan fingerprint density at radius 2 is 2.08 bits per heavy atom. The summed E-state index contributed by atoms with van der Waals surface area (Å²) in [6.45, 7) is 5.67. The van der Waals surface area contributed by atoms with Gasteiger partial charge in [0.1, 0.15) is 5.69 Å². The van der Waals surface area contributed by atoms with Gasteiger partial charge in [0.05, 0.1) is 13.1 Å². The molecule has 0 spiro atoms. The van der Waals surface area contributed by atoms with Crippen LogP contribution in [0.4, 0.5) is 11.6 Å². The Balaban J connectivity index is 2.04. The lowest BCUT2D eigenvalue weighted by atomic mass is 10.1. The second kappa shape index (κ2) is 6.02. The lowest BCUT2D eigenvalue weighted by molar-refractivity contribution is -0.663. The highest BCUT2D eigenvalue weighted by Gasteiger charge is 2.33. The molecule has 1 aliphatic heterocycles. The number of imidazole rings is 1. The molecule has 0 saturated carbocycles. The molecule has 1 aromatic carbocycles. The van der Waals surface area contributed by atoms with Gasteiger partial charge < -0.3 is 0 Å². The number of hydrogen-bond acceptors (Lipinski definition) is 3. The Hall–Kier alpha value is -2.54. The van der Waals surface area contributed by atoms with Crippen LogP contribution < -0.4 is 20.7 Å². The number of fused-ring (bicyclic) bond motifs is 3. The van der Waals surface area contributed by atoms with Crippen molar-refractivity contribution in [1.82, 2.24) is 14.1 Å². The van der Waals surface area contributed by atoms with E-state index in [-0.39, 0.29) is 11.2 Å². The van der Waals surface area contributed by atoms with Crippen LogP contribution in [0.3, 0.4) is 0 Å². The van der Waals surface area contributed by atoms with E-state index >= 15 is 0 Å². The zero-order valence-electron chi connectivity index (χ0n) is 15.0. The van der Waals surface area contributed by atoms with Crippen molar-refractivity contribution < 1.29 is 4.57 Å². The number of hydrogen-bond donors (Lipinski definition) is 1. The summed E-state index contributed by atoms with van der Waals surface area (Å²) in [6, 6.07) is 5.81. The summed E-state index contributed by atoms with van der Waals surface area (Å²) in [4.78, 5) is 30.8. The fourth-order valence-corrected chi connectivity index (χ4v) is 3.91. The van der Waals surface area contributed by atoms with Crippen LogP contribution in [0.2, 0.25) is 5.02 Å². The van der Waals surface area contributed by atoms with E-state index in [0.29, 0.717) is 22.7 Å². The normalized spacial score (nSPS) is 14.1. The van der Waals surface area contributed by atoms with Crippen molar-refractivity contribution >= 4 is 34.4 Å². The second-order valence-electron chi connectivity index (χ2n) is 6.58. The minimum atomic E-state index is -0.310. The van der Waals surface area contributed by atoms with Gasteiger partial charge in [0.2, 0.25) is 11.2 Å². The highest BCUT2D eigenvalue weighted by atomic mass is 35.5. The molecule has 4 rings (SSSR count). The minimum Gasteiger partial charge on any atom is -0.267 e. The van der Waals surface area contributed by atoms with Gasteiger partial charge in [-0.1, -0.05) is 17.7 Å². The van der Waals surface area contributed by atoms with E-state index in [0.717, 1.165) is 36.7 Å². The van der Waals surface area contributed by atoms with Crippen LogP contribution in [0, 0.1) is 6.92 Å². The number of nitrogens with one attached hydrogen (secondary N) is 1. The van der Waals surface area contributed by atoms with Gasteiger partial charge in [-0.25, -0.2) is 19.2 Å². The van der Waals surface area contributed by atoms with Gasteiger partial charge in [-0.3, -0.25) is 13.9 Å². The van der Waals surface area contributed by atoms with Gasteiger partial charge in [-0.2, -0.15) is 0 Å². The van der Waals surface area contributed by atoms with E-state index in [1.807, 2.05) is 29.7 Å². The highest BCUT2D eigenvalue weighted by molar-refractivity contribution is 6.31. The highest BCUT2D eigenvalue weighted by Crippen LogP contribution is 2.32. The smallest absolute Gasteiger partial charge is 0.267 e. The van der Waals surface area contributed by atoms with E-state index in [1.54, 1.807) is 14.0 Å². The maximum Gasteiger partial charge on any atom is 0.364 e. The molecule has 136 valence electrons. The molecule has 8 heteroatoms. The van der Waals surface area contributed by atoms with Gasteiger partial charge in [0.15, 0.2) is 0 Å². The van der Waals surface area contributed by atoms with Crippen molar-refractivity contribution in [2.45, 2.75) is 33.4 Å². The molecule has 7 nitrogen and oxygen atoms in total. The van der Waals surface area contributed by atoms with Crippen LogP contribution in [0.1, 0.15) is 18.9 Å². The van der Waals surface area contributed by atoms with Gasteiger partial charge in [-0.05, 0) is 26.0 Å². The van der Waals surface area contributed by atoms with E-state index in [2.05, 4.69) is 9.88 Å². The lowest BCUT2D eigenvalue weighted by Crippen LogP contribution is -2.49. The van der Waals surface area contributed by atoms with Gasteiger partial charge >= 0.3 is 11.6 Å². The SMILES string of the molecule is CCn1c(=O)c2c([nH]c3[n+]2CCCN3c2cccc(Cl)c2C)n(C)c1=O. The van der Waals surface area contributed by atoms with Crippen LogP contribution in [-0.2, 0) is 20.1 Å². The molecule has 0 bridgehead atoms. The Bertz CT molecular complexity index is 1140. The first-order chi connectivity index (χ1) is 12.5. The Morgan fingerprint density at radius 1 is 1.31 bits per heavy atom. The number of aromatic amines is 1. The summed E-state index contributed by atoms with van der Waals surface area (Å²) in [6.07, 6.45) is 0.894. The molecule has 0 amide bonds. The maximum absolute atomic E-state index is 12.9. The molecular formula is C18H21ClN5O2+. The standard InChI is InChI=1S/C18H20ClN5O2/c1-4-22-16(25)14-15(21(3)18(22)26)20-17-23(9-6-10-24(14)17)13-8-5-7-12(19)11(13)2/h5,7-8H,4,6,9-10H2,1-3H3/p+1. The molecule has 3 heterocycles. The zero-order chi connectivity index (χ0) is 18.6. The Morgan fingerprint density at radius 3 is 2.81 bits per heavy atom. The Labute approximate surface area is 155 Å². The monoisotopic (exact) mass is 374 g/mol. The van der Waals surface area contributed by atoms with Gasteiger partial charge in [0.25, 0.3) is 5.56 Å². The summed E-state index contributed by atoms with van der Waals surface area (Å²) in [5.74, 6) is 0.803. The van der Waals surface area contributed by atoms with Crippen molar-refractivity contribution in [3.05, 3.63) is 49.6 Å². The molecule has 0 radical (unpaired) electrons. The first kappa shape index (κ1) is 16.9. The first-order valence-electron chi connectivity index (χ1n) is 8.73. The fourth-order valence-electron chi connectivity index (χ4n) is 3.74. The summed E-state index contributed by atoms with van der Waals surface area (Å²) in [7, 11) is 1.69. The average Bonchev–Trinajstić information content (AvgIpc) is 3.03. The molecule has 0 aliphatic carbocycles. The molecule has 3 aromatic rings. The van der Waals surface area contributed by atoms with Crippen molar-refractivity contribution in [1.29, 1.82) is 0 Å². The molecule has 26 heavy (non-hydrogen) atoms. The minimum absolute atomic E-state index is 0.252. The van der Waals surface area contributed by atoms with Crippen LogP contribution >= 0.6 is 11.6 Å². The number of nitrogens with zero attached hydrogens (tertiary/aromatic N) is 4. The third kappa shape index (κ3) is 2.23. The molecule has 1 N–H and O–H groups in total. The molecule has 2 aromatic heterocycles. The zero-order valence-corrected chi connectivity index (χ0v) is 15.8. The molecule has 0 saturated heterocycles. The second-order valence-corrected chi connectivity index (χ2v) is 6.98. The van der Waals surface area contributed by atoms with E-state index < -0.39 is 0 Å². The molecule has 1 aliphatic rings. The predicted octanol–water partition coefficient (Wildman–Crippen LogP) is 1.84. The van der Waals surface area contributed by atoms with Crippen LogP contribution in [0.5, 0.6) is 0 Å². The van der Waals surface area contributed by atoms with Crippen molar-refractivity contribution in [3.63, 3.8) is 0 Å². The van der Waals surface area contributed by atoms with Gasteiger partial charge in [-0.15, -0.1) is 0 Å². The van der Waals surface area contributed by atoms with Crippen LogP contribution in [-0.4, -0.2) is 20.7 Å². The number of halogens is 1. The number of aromatic nitrogens is 4. The summed E-state index contributed by atoms with van der Waals surface area (Å²) >= 11 is 6.31. The summed E-state index contributed by atoms with van der Waals surface area (Å²) in [5, 5.41) is 0.705. The van der Waals surface area contributed by atoms with E-state index in [4.69, 9.17) is 11.6 Å². The summed E-state index contributed by atoms with van der Waals surface area (Å²) < 4.78 is 4.76. The predicted molar refractivity (Wildman–Crippen MR) is 101 cm³/mol. The molecule has 0 fully saturated rings. The third-order valence-electron chi connectivity index (χ3n) is 5.15. The van der Waals surface area contributed by atoms with Crippen molar-refractivity contribution in [2.24, 2.45) is 7.05 Å². The first-order valence-corrected chi connectivity index (χ1v) is 9.11.